The van der Waals surface area contributed by atoms with Gasteiger partial charge in [0.25, 0.3) is 0 Å². The Hall–Kier alpha value is -2.49. The first-order valence-corrected chi connectivity index (χ1v) is 8.85. The average molecular weight is 397 g/mol. The number of benzene rings is 2. The highest BCUT2D eigenvalue weighted by molar-refractivity contribution is 9.10. The third-order valence-electron chi connectivity index (χ3n) is 3.28. The van der Waals surface area contributed by atoms with E-state index in [0.717, 1.165) is 21.4 Å². The van der Waals surface area contributed by atoms with E-state index in [-0.39, 0.29) is 5.71 Å². The Labute approximate surface area is 152 Å². The van der Waals surface area contributed by atoms with Crippen LogP contribution in [0.4, 0.5) is 5.69 Å². The van der Waals surface area contributed by atoms with Gasteiger partial charge in [0, 0.05) is 15.4 Å². The molecule has 2 aromatic carbocycles. The molecule has 118 valence electrons. The maximum Gasteiger partial charge on any atom is 0.196 e. The minimum absolute atomic E-state index is 0.266. The number of nitrogens with zero attached hydrogens (tertiary/aromatic N) is 3. The molecule has 0 aliphatic rings. The molecule has 0 bridgehead atoms. The van der Waals surface area contributed by atoms with Gasteiger partial charge in [-0.2, -0.15) is 10.4 Å². The maximum atomic E-state index is 9.36. The molecule has 0 saturated carbocycles. The summed E-state index contributed by atoms with van der Waals surface area (Å²) in [6.45, 7) is 2.02. The molecule has 3 rings (SSSR count). The average Bonchev–Trinajstić information content (AvgIpc) is 3.07. The molecule has 24 heavy (non-hydrogen) atoms. The standard InChI is InChI=1S/C18H13BrN4S/c1-12-5-7-15(8-6-12)22-23-16(10-20)18-21-17(11-24-18)13-3-2-4-14(19)9-13/h2-9,11,22H,1H3/b23-16+. The van der Waals surface area contributed by atoms with Gasteiger partial charge in [-0.15, -0.1) is 11.3 Å². The lowest BCUT2D eigenvalue weighted by Gasteiger charge is -2.01. The summed E-state index contributed by atoms with van der Waals surface area (Å²) in [4.78, 5) is 4.52. The monoisotopic (exact) mass is 396 g/mol. The van der Waals surface area contributed by atoms with Crippen LogP contribution < -0.4 is 5.43 Å². The second-order valence-corrected chi connectivity index (χ2v) is 6.87. The van der Waals surface area contributed by atoms with E-state index in [2.05, 4.69) is 37.5 Å². The fourth-order valence-corrected chi connectivity index (χ4v) is 3.20. The number of halogens is 1. The zero-order valence-corrected chi connectivity index (χ0v) is 15.2. The van der Waals surface area contributed by atoms with Crippen molar-refractivity contribution in [1.29, 1.82) is 5.26 Å². The number of aromatic nitrogens is 1. The number of nitrogens with one attached hydrogen (secondary N) is 1. The van der Waals surface area contributed by atoms with E-state index in [4.69, 9.17) is 0 Å². The molecule has 0 unspecified atom stereocenters. The molecule has 0 spiro atoms. The normalized spacial score (nSPS) is 11.1. The number of hydrazone groups is 1. The Morgan fingerprint density at radius 2 is 2.04 bits per heavy atom. The van der Waals surface area contributed by atoms with E-state index in [9.17, 15) is 5.26 Å². The van der Waals surface area contributed by atoms with Crippen molar-refractivity contribution in [3.8, 4) is 17.3 Å². The SMILES string of the molecule is Cc1ccc(N/N=C(\C#N)c2nc(-c3cccc(Br)c3)cs2)cc1. The Kier molecular flexibility index (Phi) is 5.04. The number of hydrogen-bond acceptors (Lipinski definition) is 5. The van der Waals surface area contributed by atoms with Crippen LogP contribution in [0.2, 0.25) is 0 Å². The highest BCUT2D eigenvalue weighted by Crippen LogP contribution is 2.25. The molecule has 0 saturated heterocycles. The van der Waals surface area contributed by atoms with Crippen LogP contribution in [0.3, 0.4) is 0 Å². The van der Waals surface area contributed by atoms with Crippen LogP contribution in [0.15, 0.2) is 63.5 Å². The lowest BCUT2D eigenvalue weighted by atomic mass is 10.2. The van der Waals surface area contributed by atoms with Crippen LogP contribution in [0.1, 0.15) is 10.6 Å². The summed E-state index contributed by atoms with van der Waals surface area (Å²) >= 11 is 4.85. The topological polar surface area (TPSA) is 61.1 Å². The van der Waals surface area contributed by atoms with Crippen molar-refractivity contribution < 1.29 is 0 Å². The second-order valence-electron chi connectivity index (χ2n) is 5.10. The zero-order chi connectivity index (χ0) is 16.9. The van der Waals surface area contributed by atoms with Gasteiger partial charge in [0.05, 0.1) is 11.4 Å². The lowest BCUT2D eigenvalue weighted by Crippen LogP contribution is -2.01. The fourth-order valence-electron chi connectivity index (χ4n) is 2.03. The summed E-state index contributed by atoms with van der Waals surface area (Å²) in [5, 5.41) is 16.1. The molecule has 0 aliphatic heterocycles. The highest BCUT2D eigenvalue weighted by atomic mass is 79.9. The molecule has 0 aliphatic carbocycles. The Balaban J connectivity index is 1.83. The highest BCUT2D eigenvalue weighted by Gasteiger charge is 2.10. The van der Waals surface area contributed by atoms with Gasteiger partial charge < -0.3 is 0 Å². The van der Waals surface area contributed by atoms with Crippen molar-refractivity contribution in [1.82, 2.24) is 4.98 Å². The van der Waals surface area contributed by atoms with Gasteiger partial charge >= 0.3 is 0 Å². The molecule has 0 radical (unpaired) electrons. The Bertz CT molecular complexity index is 923. The first-order valence-electron chi connectivity index (χ1n) is 7.18. The van der Waals surface area contributed by atoms with Crippen molar-refractivity contribution in [2.45, 2.75) is 6.92 Å². The van der Waals surface area contributed by atoms with Gasteiger partial charge in [0.1, 0.15) is 6.07 Å². The smallest absolute Gasteiger partial charge is 0.196 e. The van der Waals surface area contributed by atoms with E-state index in [1.165, 1.54) is 16.9 Å². The first-order chi connectivity index (χ1) is 11.7. The third kappa shape index (κ3) is 3.88. The van der Waals surface area contributed by atoms with E-state index >= 15 is 0 Å². The molecule has 1 N–H and O–H groups in total. The third-order valence-corrected chi connectivity index (χ3v) is 4.62. The molecule has 1 heterocycles. The van der Waals surface area contributed by atoms with Crippen LogP contribution in [0.5, 0.6) is 0 Å². The molecule has 6 heteroatoms. The van der Waals surface area contributed by atoms with Gasteiger partial charge in [0.2, 0.25) is 0 Å². The summed E-state index contributed by atoms with van der Waals surface area (Å²) < 4.78 is 0.991. The quantitative estimate of drug-likeness (QED) is 0.485. The van der Waals surface area contributed by atoms with Crippen LogP contribution in [-0.4, -0.2) is 10.7 Å². The van der Waals surface area contributed by atoms with Crippen molar-refractivity contribution in [3.63, 3.8) is 0 Å². The maximum absolute atomic E-state index is 9.36. The molecular weight excluding hydrogens is 384 g/mol. The number of thiazole rings is 1. The molecular formula is C18H13BrN4S. The number of aryl methyl sites for hydroxylation is 1. The van der Waals surface area contributed by atoms with Crippen molar-refractivity contribution in [2.75, 3.05) is 5.43 Å². The van der Waals surface area contributed by atoms with E-state index in [1.807, 2.05) is 60.8 Å². The second kappa shape index (κ2) is 7.39. The lowest BCUT2D eigenvalue weighted by molar-refractivity contribution is 1.30. The zero-order valence-electron chi connectivity index (χ0n) is 12.8. The minimum Gasteiger partial charge on any atom is -0.277 e. The molecule has 1 aromatic heterocycles. The van der Waals surface area contributed by atoms with Crippen LogP contribution in [0, 0.1) is 18.3 Å². The van der Waals surface area contributed by atoms with Crippen molar-refractivity contribution in [2.24, 2.45) is 5.10 Å². The van der Waals surface area contributed by atoms with E-state index < -0.39 is 0 Å². The molecule has 0 fully saturated rings. The van der Waals surface area contributed by atoms with Gasteiger partial charge in [-0.05, 0) is 31.2 Å². The largest absolute Gasteiger partial charge is 0.277 e. The van der Waals surface area contributed by atoms with Crippen LogP contribution in [0.25, 0.3) is 11.3 Å². The summed E-state index contributed by atoms with van der Waals surface area (Å²) in [6.07, 6.45) is 0. The number of rotatable bonds is 4. The van der Waals surface area contributed by atoms with E-state index in [0.29, 0.717) is 5.01 Å². The Morgan fingerprint density at radius 1 is 1.25 bits per heavy atom. The minimum atomic E-state index is 0.266. The van der Waals surface area contributed by atoms with Gasteiger partial charge in [-0.1, -0.05) is 45.8 Å². The van der Waals surface area contributed by atoms with Gasteiger partial charge in [-0.3, -0.25) is 5.43 Å². The summed E-state index contributed by atoms with van der Waals surface area (Å²) in [6, 6.07) is 17.8. The summed E-state index contributed by atoms with van der Waals surface area (Å²) in [5.41, 5.74) is 6.99. The van der Waals surface area contributed by atoms with Crippen LogP contribution >= 0.6 is 27.3 Å². The number of nitriles is 1. The van der Waals surface area contributed by atoms with Gasteiger partial charge in [0.15, 0.2) is 10.7 Å². The number of anilines is 1. The van der Waals surface area contributed by atoms with Crippen molar-refractivity contribution >= 4 is 38.7 Å². The molecule has 0 amide bonds. The molecule has 0 atom stereocenters. The predicted octanol–water partition coefficient (Wildman–Crippen LogP) is 5.22. The summed E-state index contributed by atoms with van der Waals surface area (Å²) in [7, 11) is 0. The number of hydrogen-bond donors (Lipinski definition) is 1. The fraction of sp³-hybridized carbons (Fsp3) is 0.0556. The Morgan fingerprint density at radius 3 is 2.75 bits per heavy atom. The van der Waals surface area contributed by atoms with Crippen LogP contribution in [-0.2, 0) is 0 Å². The summed E-state index contributed by atoms with van der Waals surface area (Å²) in [5.74, 6) is 0. The van der Waals surface area contributed by atoms with Crippen molar-refractivity contribution in [3.05, 3.63) is 69.0 Å². The van der Waals surface area contributed by atoms with Gasteiger partial charge in [-0.25, -0.2) is 4.98 Å². The first kappa shape index (κ1) is 16.4. The molecule has 4 nitrogen and oxygen atoms in total. The predicted molar refractivity (Wildman–Crippen MR) is 102 cm³/mol. The molecule has 3 aromatic rings. The van der Waals surface area contributed by atoms with E-state index in [1.54, 1.807) is 0 Å².